The first-order valence-electron chi connectivity index (χ1n) is 6.16. The smallest absolute Gasteiger partial charge is 0.125 e. The van der Waals surface area contributed by atoms with Crippen LogP contribution in [-0.4, -0.2) is 16.1 Å². The van der Waals surface area contributed by atoms with E-state index >= 15 is 0 Å². The first kappa shape index (κ1) is 10.7. The maximum Gasteiger partial charge on any atom is 0.125 e. The number of rotatable bonds is 4. The zero-order valence-corrected chi connectivity index (χ0v) is 9.91. The van der Waals surface area contributed by atoms with Gasteiger partial charge in [-0.05, 0) is 31.5 Å². The van der Waals surface area contributed by atoms with Crippen molar-refractivity contribution in [1.29, 1.82) is 0 Å². The van der Waals surface area contributed by atoms with E-state index in [4.69, 9.17) is 0 Å². The summed E-state index contributed by atoms with van der Waals surface area (Å²) in [6.07, 6.45) is 2.42. The zero-order chi connectivity index (χ0) is 11.8. The molecule has 0 spiro atoms. The number of hydrogen-bond acceptors (Lipinski definition) is 2. The maximum atomic E-state index is 13.2. The molecule has 0 bridgehead atoms. The van der Waals surface area contributed by atoms with Gasteiger partial charge in [0.2, 0.25) is 0 Å². The van der Waals surface area contributed by atoms with Crippen molar-refractivity contribution in [3.63, 3.8) is 0 Å². The third-order valence-electron chi connectivity index (χ3n) is 3.17. The largest absolute Gasteiger partial charge is 0.324 e. The van der Waals surface area contributed by atoms with Gasteiger partial charge in [0.25, 0.3) is 0 Å². The lowest BCUT2D eigenvalue weighted by atomic mass is 10.3. The van der Waals surface area contributed by atoms with E-state index in [1.165, 1.54) is 25.0 Å². The van der Waals surface area contributed by atoms with Gasteiger partial charge in [-0.25, -0.2) is 9.37 Å². The molecule has 4 heteroatoms. The molecular formula is C13H16FN3. The van der Waals surface area contributed by atoms with Gasteiger partial charge in [0.05, 0.1) is 17.6 Å². The molecule has 1 aromatic heterocycles. The Labute approximate surface area is 99.7 Å². The SMILES string of the molecule is CCNCc1nc2cc(F)ccc2n1C1CC1. The van der Waals surface area contributed by atoms with Crippen LogP contribution in [0.15, 0.2) is 18.2 Å². The highest BCUT2D eigenvalue weighted by atomic mass is 19.1. The molecule has 3 nitrogen and oxygen atoms in total. The molecular weight excluding hydrogens is 217 g/mol. The Morgan fingerprint density at radius 2 is 2.29 bits per heavy atom. The number of nitrogens with zero attached hydrogens (tertiary/aromatic N) is 2. The molecule has 3 rings (SSSR count). The molecule has 1 aromatic carbocycles. The Balaban J connectivity index is 2.09. The summed E-state index contributed by atoms with van der Waals surface area (Å²) in [6.45, 7) is 3.75. The van der Waals surface area contributed by atoms with E-state index in [9.17, 15) is 4.39 Å². The Morgan fingerprint density at radius 3 is 3.00 bits per heavy atom. The van der Waals surface area contributed by atoms with E-state index < -0.39 is 0 Å². The Morgan fingerprint density at radius 1 is 1.47 bits per heavy atom. The summed E-state index contributed by atoms with van der Waals surface area (Å²) in [6, 6.07) is 5.44. The van der Waals surface area contributed by atoms with Crippen LogP contribution >= 0.6 is 0 Å². The molecule has 1 aliphatic carbocycles. The molecule has 0 aliphatic heterocycles. The molecule has 2 aromatic rings. The summed E-state index contributed by atoms with van der Waals surface area (Å²) in [7, 11) is 0. The van der Waals surface area contributed by atoms with Crippen LogP contribution in [-0.2, 0) is 6.54 Å². The van der Waals surface area contributed by atoms with Crippen molar-refractivity contribution in [2.45, 2.75) is 32.4 Å². The van der Waals surface area contributed by atoms with Crippen LogP contribution in [0.5, 0.6) is 0 Å². The number of fused-ring (bicyclic) bond motifs is 1. The molecule has 1 aliphatic rings. The number of hydrogen-bond donors (Lipinski definition) is 1. The molecule has 0 radical (unpaired) electrons. The topological polar surface area (TPSA) is 29.9 Å². The van der Waals surface area contributed by atoms with Crippen molar-refractivity contribution < 1.29 is 4.39 Å². The molecule has 1 saturated carbocycles. The summed E-state index contributed by atoms with van der Waals surface area (Å²) in [5.41, 5.74) is 1.83. The van der Waals surface area contributed by atoms with Crippen LogP contribution in [0.3, 0.4) is 0 Å². The highest BCUT2D eigenvalue weighted by Crippen LogP contribution is 2.38. The Bertz CT molecular complexity index is 543. The average molecular weight is 233 g/mol. The maximum absolute atomic E-state index is 13.2. The Hall–Kier alpha value is -1.42. The Kier molecular flexibility index (Phi) is 2.59. The van der Waals surface area contributed by atoms with Crippen molar-refractivity contribution >= 4 is 11.0 Å². The zero-order valence-electron chi connectivity index (χ0n) is 9.91. The fraction of sp³-hybridized carbons (Fsp3) is 0.462. The summed E-state index contributed by atoms with van der Waals surface area (Å²) in [5, 5.41) is 3.29. The first-order valence-corrected chi connectivity index (χ1v) is 6.16. The van der Waals surface area contributed by atoms with E-state index in [2.05, 4.69) is 21.8 Å². The van der Waals surface area contributed by atoms with Gasteiger partial charge in [0.15, 0.2) is 0 Å². The molecule has 1 fully saturated rings. The lowest BCUT2D eigenvalue weighted by molar-refractivity contribution is 0.628. The molecule has 90 valence electrons. The molecule has 0 saturated heterocycles. The number of halogens is 1. The number of nitrogens with one attached hydrogen (secondary N) is 1. The van der Waals surface area contributed by atoms with Crippen LogP contribution in [0.25, 0.3) is 11.0 Å². The minimum Gasteiger partial charge on any atom is -0.324 e. The highest BCUT2D eigenvalue weighted by Gasteiger charge is 2.27. The minimum absolute atomic E-state index is 0.215. The summed E-state index contributed by atoms with van der Waals surface area (Å²) >= 11 is 0. The van der Waals surface area contributed by atoms with E-state index in [1.54, 1.807) is 0 Å². The fourth-order valence-electron chi connectivity index (χ4n) is 2.22. The predicted molar refractivity (Wildman–Crippen MR) is 65.3 cm³/mol. The summed E-state index contributed by atoms with van der Waals surface area (Å²) in [5.74, 6) is 0.808. The van der Waals surface area contributed by atoms with Gasteiger partial charge in [-0.3, -0.25) is 0 Å². The second-order valence-corrected chi connectivity index (χ2v) is 4.54. The third-order valence-corrected chi connectivity index (χ3v) is 3.17. The van der Waals surface area contributed by atoms with E-state index in [0.717, 1.165) is 29.9 Å². The molecule has 1 N–H and O–H groups in total. The summed E-state index contributed by atoms with van der Waals surface area (Å²) in [4.78, 5) is 4.53. The van der Waals surface area contributed by atoms with Gasteiger partial charge in [0, 0.05) is 12.1 Å². The van der Waals surface area contributed by atoms with Crippen LogP contribution in [0.4, 0.5) is 4.39 Å². The number of imidazole rings is 1. The van der Waals surface area contributed by atoms with Gasteiger partial charge >= 0.3 is 0 Å². The third kappa shape index (κ3) is 1.93. The van der Waals surface area contributed by atoms with E-state index in [0.29, 0.717) is 6.04 Å². The van der Waals surface area contributed by atoms with Crippen LogP contribution in [0, 0.1) is 5.82 Å². The minimum atomic E-state index is -0.215. The normalized spacial score (nSPS) is 15.6. The van der Waals surface area contributed by atoms with Crippen LogP contribution in [0.2, 0.25) is 0 Å². The first-order chi connectivity index (χ1) is 8.29. The van der Waals surface area contributed by atoms with Crippen molar-refractivity contribution in [3.05, 3.63) is 29.8 Å². The number of aromatic nitrogens is 2. The predicted octanol–water partition coefficient (Wildman–Crippen LogP) is 2.62. The molecule has 1 heterocycles. The van der Waals surface area contributed by atoms with Gasteiger partial charge in [-0.1, -0.05) is 6.92 Å². The second-order valence-electron chi connectivity index (χ2n) is 4.54. The molecule has 0 atom stereocenters. The van der Waals surface area contributed by atoms with Crippen LogP contribution in [0.1, 0.15) is 31.6 Å². The fourth-order valence-corrected chi connectivity index (χ4v) is 2.22. The lowest BCUT2D eigenvalue weighted by Gasteiger charge is -2.07. The molecule has 0 amide bonds. The summed E-state index contributed by atoms with van der Waals surface area (Å²) < 4.78 is 15.4. The average Bonchev–Trinajstić information content (AvgIpc) is 3.08. The number of benzene rings is 1. The standard InChI is InChI=1S/C13H16FN3/c1-2-15-8-13-16-11-7-9(14)3-6-12(11)17(13)10-4-5-10/h3,6-7,10,15H,2,4-5,8H2,1H3. The van der Waals surface area contributed by atoms with E-state index in [-0.39, 0.29) is 5.82 Å². The van der Waals surface area contributed by atoms with Gasteiger partial charge in [0.1, 0.15) is 11.6 Å². The van der Waals surface area contributed by atoms with Crippen molar-refractivity contribution in [1.82, 2.24) is 14.9 Å². The molecule has 17 heavy (non-hydrogen) atoms. The lowest BCUT2D eigenvalue weighted by Crippen LogP contribution is -2.16. The van der Waals surface area contributed by atoms with Crippen molar-refractivity contribution in [2.75, 3.05) is 6.54 Å². The molecule has 0 unspecified atom stereocenters. The van der Waals surface area contributed by atoms with Crippen molar-refractivity contribution in [3.8, 4) is 0 Å². The highest BCUT2D eigenvalue weighted by molar-refractivity contribution is 5.76. The second kappa shape index (κ2) is 4.11. The van der Waals surface area contributed by atoms with Gasteiger partial charge < -0.3 is 9.88 Å². The van der Waals surface area contributed by atoms with Crippen LogP contribution < -0.4 is 5.32 Å². The quantitative estimate of drug-likeness (QED) is 0.879. The van der Waals surface area contributed by atoms with Crippen molar-refractivity contribution in [2.24, 2.45) is 0 Å². The monoisotopic (exact) mass is 233 g/mol. The van der Waals surface area contributed by atoms with E-state index in [1.807, 2.05) is 6.07 Å². The van der Waals surface area contributed by atoms with Gasteiger partial charge in [-0.2, -0.15) is 0 Å². The van der Waals surface area contributed by atoms with Gasteiger partial charge in [-0.15, -0.1) is 0 Å².